The van der Waals surface area contributed by atoms with Gasteiger partial charge < -0.3 is 16.0 Å². The predicted octanol–water partition coefficient (Wildman–Crippen LogP) is 4.96. The molecule has 2 amide bonds. The maximum absolute atomic E-state index is 14.4. The molecule has 40 heavy (non-hydrogen) atoms. The van der Waals surface area contributed by atoms with E-state index in [0.29, 0.717) is 47.4 Å². The van der Waals surface area contributed by atoms with Gasteiger partial charge in [-0.25, -0.2) is 19.3 Å². The first-order valence-electron chi connectivity index (χ1n) is 13.7. The van der Waals surface area contributed by atoms with Gasteiger partial charge in [-0.15, -0.1) is 0 Å². The zero-order chi connectivity index (χ0) is 28.0. The summed E-state index contributed by atoms with van der Waals surface area (Å²) in [5.41, 5.74) is 8.16. The molecule has 1 saturated carbocycles. The van der Waals surface area contributed by atoms with Crippen molar-refractivity contribution in [2.75, 3.05) is 24.1 Å². The van der Waals surface area contributed by atoms with Gasteiger partial charge in [-0.05, 0) is 75.3 Å². The number of nitrogen functional groups attached to an aromatic ring is 1. The molecule has 2 fully saturated rings. The van der Waals surface area contributed by atoms with Gasteiger partial charge in [0.25, 0.3) is 11.8 Å². The summed E-state index contributed by atoms with van der Waals surface area (Å²) in [6.07, 6.45) is 9.07. The van der Waals surface area contributed by atoms with E-state index in [1.165, 1.54) is 32.3 Å². The molecular weight excluding hydrogens is 509 g/mol. The molecule has 4 heterocycles. The number of pyridine rings is 1. The van der Waals surface area contributed by atoms with Crippen LogP contribution in [0, 0.1) is 0 Å². The minimum atomic E-state index is -1.93. The lowest BCUT2D eigenvalue weighted by Crippen LogP contribution is -2.47. The monoisotopic (exact) mass is 541 g/mol. The van der Waals surface area contributed by atoms with Crippen LogP contribution in [0.5, 0.6) is 0 Å². The second-order valence-electron chi connectivity index (χ2n) is 11.2. The Morgan fingerprint density at radius 1 is 1.05 bits per heavy atom. The number of halogens is 1. The Morgan fingerprint density at radius 2 is 1.82 bits per heavy atom. The zero-order valence-corrected chi connectivity index (χ0v) is 22.6. The molecule has 0 bridgehead atoms. The molecule has 1 aromatic carbocycles. The van der Waals surface area contributed by atoms with E-state index < -0.39 is 11.6 Å². The Kier molecular flexibility index (Phi) is 6.48. The number of alkyl halides is 1. The van der Waals surface area contributed by atoms with Crippen LogP contribution in [-0.4, -0.2) is 54.8 Å². The third kappa shape index (κ3) is 5.01. The largest absolute Gasteiger partial charge is 0.382 e. The SMILES string of the molecule is CC(C)(F)C(=O)N1CCCC(c2nc(-c3ccc(C(=O)Nc4cc(C5CC5)ccn4)cc3)c3c(N)nccn23)C1. The molecule has 10 heteroatoms. The molecule has 9 nitrogen and oxygen atoms in total. The second kappa shape index (κ2) is 10.0. The fraction of sp³-hybridized carbons (Fsp3) is 0.367. The van der Waals surface area contributed by atoms with E-state index in [0.717, 1.165) is 24.2 Å². The van der Waals surface area contributed by atoms with Crippen LogP contribution >= 0.6 is 0 Å². The smallest absolute Gasteiger partial charge is 0.259 e. The molecule has 0 spiro atoms. The number of nitrogens with two attached hydrogens (primary N) is 1. The number of aromatic nitrogens is 4. The van der Waals surface area contributed by atoms with Gasteiger partial charge in [0.1, 0.15) is 28.7 Å². The van der Waals surface area contributed by atoms with Crippen LogP contribution < -0.4 is 11.1 Å². The molecule has 3 N–H and O–H groups in total. The number of benzene rings is 1. The molecule has 3 aromatic heterocycles. The number of imidazole rings is 1. The summed E-state index contributed by atoms with van der Waals surface area (Å²) in [7, 11) is 0. The van der Waals surface area contributed by atoms with Gasteiger partial charge in [0.15, 0.2) is 5.67 Å². The van der Waals surface area contributed by atoms with E-state index in [-0.39, 0.29) is 11.8 Å². The van der Waals surface area contributed by atoms with Crippen LogP contribution in [-0.2, 0) is 4.79 Å². The zero-order valence-electron chi connectivity index (χ0n) is 22.6. The van der Waals surface area contributed by atoms with E-state index in [2.05, 4.69) is 15.3 Å². The van der Waals surface area contributed by atoms with E-state index in [9.17, 15) is 14.0 Å². The molecule has 206 valence electrons. The van der Waals surface area contributed by atoms with Crippen molar-refractivity contribution in [1.82, 2.24) is 24.3 Å². The van der Waals surface area contributed by atoms with E-state index in [4.69, 9.17) is 10.7 Å². The number of carbonyl (C=O) groups excluding carboxylic acids is 2. The predicted molar refractivity (Wildman–Crippen MR) is 151 cm³/mol. The van der Waals surface area contributed by atoms with Crippen molar-refractivity contribution in [3.63, 3.8) is 0 Å². The van der Waals surface area contributed by atoms with Gasteiger partial charge in [0, 0.05) is 48.7 Å². The summed E-state index contributed by atoms with van der Waals surface area (Å²) < 4.78 is 16.3. The van der Waals surface area contributed by atoms with Gasteiger partial charge in [-0.3, -0.25) is 14.0 Å². The van der Waals surface area contributed by atoms with Gasteiger partial charge in [-0.2, -0.15) is 0 Å². The van der Waals surface area contributed by atoms with Crippen molar-refractivity contribution in [1.29, 1.82) is 0 Å². The molecule has 0 radical (unpaired) electrons. The Balaban J connectivity index is 1.27. The molecule has 1 unspecified atom stereocenters. The highest BCUT2D eigenvalue weighted by molar-refractivity contribution is 6.04. The van der Waals surface area contributed by atoms with Crippen LogP contribution in [0.3, 0.4) is 0 Å². The normalized spacial score (nSPS) is 17.7. The van der Waals surface area contributed by atoms with Crippen molar-refractivity contribution in [3.05, 3.63) is 71.9 Å². The lowest BCUT2D eigenvalue weighted by atomic mass is 9.95. The summed E-state index contributed by atoms with van der Waals surface area (Å²) in [5, 5.41) is 2.89. The number of amides is 2. The Morgan fingerprint density at radius 3 is 2.55 bits per heavy atom. The average molecular weight is 542 g/mol. The van der Waals surface area contributed by atoms with Crippen LogP contribution in [0.4, 0.5) is 16.0 Å². The number of rotatable bonds is 6. The van der Waals surface area contributed by atoms with Crippen molar-refractivity contribution < 1.29 is 14.0 Å². The van der Waals surface area contributed by atoms with Crippen LogP contribution in [0.25, 0.3) is 16.8 Å². The summed E-state index contributed by atoms with van der Waals surface area (Å²) >= 11 is 0. The first-order valence-corrected chi connectivity index (χ1v) is 13.7. The third-order valence-corrected chi connectivity index (χ3v) is 7.69. The molecule has 2 aliphatic rings. The Labute approximate surface area is 231 Å². The number of hydrogen-bond donors (Lipinski definition) is 2. The van der Waals surface area contributed by atoms with Crippen molar-refractivity contribution >= 4 is 29.0 Å². The first kappa shape index (κ1) is 25.9. The topological polar surface area (TPSA) is 119 Å². The highest BCUT2D eigenvalue weighted by atomic mass is 19.1. The van der Waals surface area contributed by atoms with Crippen LogP contribution in [0.1, 0.15) is 73.1 Å². The fourth-order valence-corrected chi connectivity index (χ4v) is 5.48. The first-order chi connectivity index (χ1) is 19.2. The molecule has 1 aliphatic carbocycles. The van der Waals surface area contributed by atoms with Crippen molar-refractivity contribution in [3.8, 4) is 11.3 Å². The van der Waals surface area contributed by atoms with Crippen LogP contribution in [0.2, 0.25) is 0 Å². The molecule has 1 saturated heterocycles. The van der Waals surface area contributed by atoms with Crippen molar-refractivity contribution in [2.45, 2.75) is 57.0 Å². The summed E-state index contributed by atoms with van der Waals surface area (Å²) in [5.74, 6) is 1.34. The van der Waals surface area contributed by atoms with E-state index in [1.54, 1.807) is 29.4 Å². The molecule has 1 aliphatic heterocycles. The maximum Gasteiger partial charge on any atom is 0.259 e. The number of fused-ring (bicyclic) bond motifs is 1. The number of piperidine rings is 1. The van der Waals surface area contributed by atoms with Gasteiger partial charge in [0.05, 0.1) is 0 Å². The second-order valence-corrected chi connectivity index (χ2v) is 11.2. The quantitative estimate of drug-likeness (QED) is 0.356. The minimum absolute atomic E-state index is 0.0907. The van der Waals surface area contributed by atoms with Gasteiger partial charge in [-0.1, -0.05) is 12.1 Å². The van der Waals surface area contributed by atoms with Crippen molar-refractivity contribution in [2.24, 2.45) is 0 Å². The number of carbonyl (C=O) groups is 2. The maximum atomic E-state index is 14.4. The Bertz CT molecular complexity index is 1590. The highest BCUT2D eigenvalue weighted by Gasteiger charge is 2.36. The lowest BCUT2D eigenvalue weighted by Gasteiger charge is -2.34. The van der Waals surface area contributed by atoms with Crippen LogP contribution in [0.15, 0.2) is 55.0 Å². The number of nitrogens with zero attached hydrogens (tertiary/aromatic N) is 5. The number of anilines is 2. The lowest BCUT2D eigenvalue weighted by molar-refractivity contribution is -0.143. The molecule has 6 rings (SSSR count). The van der Waals surface area contributed by atoms with Gasteiger partial charge in [0.2, 0.25) is 0 Å². The summed E-state index contributed by atoms with van der Waals surface area (Å²) in [6.45, 7) is 3.48. The molecule has 4 aromatic rings. The summed E-state index contributed by atoms with van der Waals surface area (Å²) in [6, 6.07) is 11.1. The van der Waals surface area contributed by atoms with Gasteiger partial charge >= 0.3 is 0 Å². The molecular formula is C30H32FN7O2. The summed E-state index contributed by atoms with van der Waals surface area (Å²) in [4.78, 5) is 40.7. The highest BCUT2D eigenvalue weighted by Crippen LogP contribution is 2.40. The van der Waals surface area contributed by atoms with E-state index in [1.807, 2.05) is 34.9 Å². The number of likely N-dealkylation sites (tertiary alicyclic amines) is 1. The standard InChI is InChI=1S/C30H32FN7O2/c1-30(2,31)29(40)37-14-3-4-22(17-37)27-36-24(25-26(32)34-13-15-38(25)27)19-7-9-20(10-8-19)28(39)35-23-16-21(11-12-33-23)18-5-6-18/h7-13,15-16,18,22H,3-6,14,17H2,1-2H3,(H2,32,34)(H,33,35,39). The third-order valence-electron chi connectivity index (χ3n) is 7.69. The Hall–Kier alpha value is -4.34. The minimum Gasteiger partial charge on any atom is -0.382 e. The number of nitrogens with one attached hydrogen (secondary N) is 1. The molecule has 1 atom stereocenters. The fourth-order valence-electron chi connectivity index (χ4n) is 5.48. The van der Waals surface area contributed by atoms with E-state index >= 15 is 0 Å². The average Bonchev–Trinajstić information content (AvgIpc) is 3.73. The number of hydrogen-bond acceptors (Lipinski definition) is 6.